The van der Waals surface area contributed by atoms with Gasteiger partial charge in [-0.25, -0.2) is 4.98 Å². The Balaban J connectivity index is 1.54. The Kier molecular flexibility index (Phi) is 7.44. The lowest BCUT2D eigenvalue weighted by Crippen LogP contribution is -2.40. The van der Waals surface area contributed by atoms with Crippen LogP contribution in [-0.2, 0) is 6.54 Å². The third kappa shape index (κ3) is 5.06. The molecule has 1 amide bonds. The van der Waals surface area contributed by atoms with Crippen molar-refractivity contribution < 1.29 is 9.53 Å². The Bertz CT molecular complexity index is 1360. The van der Waals surface area contributed by atoms with Gasteiger partial charge in [0.15, 0.2) is 0 Å². The first-order valence-electron chi connectivity index (χ1n) is 12.5. The standard InChI is InChI=1S/C29H30ClN3O2S/c1-2-35-24-14-12-19(20-13-15-26(31)32-17-20)16-21(24)18-33(22-8-4-3-5-9-22)29(34)28-27(30)23-10-6-7-11-25(23)36-28/h6-7,10-17,22H,2-5,8-9,18H2,1H3,(H2,31,32). The first-order chi connectivity index (χ1) is 17.5. The van der Waals surface area contributed by atoms with E-state index in [9.17, 15) is 4.79 Å². The monoisotopic (exact) mass is 519 g/mol. The number of halogens is 1. The molecule has 1 saturated carbocycles. The van der Waals surface area contributed by atoms with E-state index in [1.807, 2.05) is 54.3 Å². The summed E-state index contributed by atoms with van der Waals surface area (Å²) in [6.07, 6.45) is 7.25. The molecular weight excluding hydrogens is 490 g/mol. The summed E-state index contributed by atoms with van der Waals surface area (Å²) < 4.78 is 7.03. The van der Waals surface area contributed by atoms with Gasteiger partial charge in [-0.05, 0) is 55.7 Å². The zero-order chi connectivity index (χ0) is 25.1. The van der Waals surface area contributed by atoms with Crippen molar-refractivity contribution in [2.75, 3.05) is 12.3 Å². The van der Waals surface area contributed by atoms with Crippen LogP contribution in [0.25, 0.3) is 21.2 Å². The molecule has 5 rings (SSSR count). The van der Waals surface area contributed by atoms with Gasteiger partial charge in [-0.3, -0.25) is 4.79 Å². The van der Waals surface area contributed by atoms with Crippen LogP contribution in [0.15, 0.2) is 60.8 Å². The average Bonchev–Trinajstić information content (AvgIpc) is 3.25. The fraction of sp³-hybridized carbons (Fsp3) is 0.310. The number of pyridine rings is 1. The van der Waals surface area contributed by atoms with Crippen LogP contribution in [0.1, 0.15) is 54.3 Å². The molecule has 0 spiro atoms. The van der Waals surface area contributed by atoms with Crippen molar-refractivity contribution in [3.63, 3.8) is 0 Å². The van der Waals surface area contributed by atoms with E-state index in [0.717, 1.165) is 58.2 Å². The van der Waals surface area contributed by atoms with Crippen LogP contribution in [0, 0.1) is 0 Å². The normalized spacial score (nSPS) is 14.2. The second-order valence-electron chi connectivity index (χ2n) is 9.19. The summed E-state index contributed by atoms with van der Waals surface area (Å²) >= 11 is 8.23. The number of nitrogens with zero attached hydrogens (tertiary/aromatic N) is 2. The van der Waals surface area contributed by atoms with Crippen LogP contribution in [0.2, 0.25) is 5.02 Å². The molecule has 5 nitrogen and oxygen atoms in total. The van der Waals surface area contributed by atoms with E-state index < -0.39 is 0 Å². The molecule has 0 bridgehead atoms. The Morgan fingerprint density at radius 2 is 1.89 bits per heavy atom. The van der Waals surface area contributed by atoms with Gasteiger partial charge >= 0.3 is 0 Å². The SMILES string of the molecule is CCOc1ccc(-c2ccc(N)nc2)cc1CN(C(=O)c1sc2ccccc2c1Cl)C1CCCCC1. The van der Waals surface area contributed by atoms with Gasteiger partial charge in [0.2, 0.25) is 0 Å². The highest BCUT2D eigenvalue weighted by molar-refractivity contribution is 7.21. The molecule has 0 atom stereocenters. The smallest absolute Gasteiger partial charge is 0.266 e. The molecule has 2 heterocycles. The zero-order valence-electron chi connectivity index (χ0n) is 20.4. The van der Waals surface area contributed by atoms with Crippen molar-refractivity contribution >= 4 is 44.7 Å². The summed E-state index contributed by atoms with van der Waals surface area (Å²) in [4.78, 5) is 21.0. The number of carbonyl (C=O) groups is 1. The van der Waals surface area contributed by atoms with Gasteiger partial charge < -0.3 is 15.4 Å². The summed E-state index contributed by atoms with van der Waals surface area (Å²) in [5.74, 6) is 1.27. The second kappa shape index (κ2) is 10.9. The number of amides is 1. The van der Waals surface area contributed by atoms with Gasteiger partial charge in [0.05, 0.1) is 11.6 Å². The van der Waals surface area contributed by atoms with Gasteiger partial charge in [-0.1, -0.05) is 55.1 Å². The van der Waals surface area contributed by atoms with Crippen LogP contribution in [0.4, 0.5) is 5.82 Å². The number of aromatic nitrogens is 1. The Morgan fingerprint density at radius 3 is 2.61 bits per heavy atom. The number of nitrogens with two attached hydrogens (primary N) is 1. The molecule has 1 aliphatic rings. The minimum Gasteiger partial charge on any atom is -0.494 e. The minimum atomic E-state index is -0.00453. The highest BCUT2D eigenvalue weighted by Crippen LogP contribution is 2.38. The summed E-state index contributed by atoms with van der Waals surface area (Å²) in [7, 11) is 0. The first kappa shape index (κ1) is 24.6. The predicted octanol–water partition coefficient (Wildman–Crippen LogP) is 7.57. The molecule has 0 saturated heterocycles. The van der Waals surface area contributed by atoms with Gasteiger partial charge in [-0.15, -0.1) is 11.3 Å². The number of rotatable bonds is 7. The molecule has 0 unspecified atom stereocenters. The van der Waals surface area contributed by atoms with Crippen molar-refractivity contribution in [3.05, 3.63) is 76.3 Å². The van der Waals surface area contributed by atoms with Crippen molar-refractivity contribution in [2.24, 2.45) is 0 Å². The molecule has 0 aliphatic heterocycles. The lowest BCUT2D eigenvalue weighted by Gasteiger charge is -2.35. The van der Waals surface area contributed by atoms with E-state index >= 15 is 0 Å². The number of anilines is 1. The molecule has 186 valence electrons. The molecule has 2 aromatic carbocycles. The molecule has 7 heteroatoms. The van der Waals surface area contributed by atoms with Gasteiger partial charge in [0.1, 0.15) is 16.4 Å². The number of ether oxygens (including phenoxy) is 1. The molecule has 1 aliphatic carbocycles. The molecule has 1 fully saturated rings. The summed E-state index contributed by atoms with van der Waals surface area (Å²) in [6.45, 7) is 2.98. The van der Waals surface area contributed by atoms with Crippen LogP contribution >= 0.6 is 22.9 Å². The first-order valence-corrected chi connectivity index (χ1v) is 13.7. The molecule has 0 radical (unpaired) electrons. The number of fused-ring (bicyclic) bond motifs is 1. The second-order valence-corrected chi connectivity index (χ2v) is 10.6. The average molecular weight is 520 g/mol. The highest BCUT2D eigenvalue weighted by Gasteiger charge is 2.30. The third-order valence-corrected chi connectivity index (χ3v) is 8.49. The van der Waals surface area contributed by atoms with Gasteiger partial charge in [0.25, 0.3) is 5.91 Å². The zero-order valence-corrected chi connectivity index (χ0v) is 21.9. The van der Waals surface area contributed by atoms with Crippen molar-refractivity contribution in [1.82, 2.24) is 9.88 Å². The number of thiophene rings is 1. The van der Waals surface area contributed by atoms with Gasteiger partial charge in [-0.2, -0.15) is 0 Å². The molecule has 2 N–H and O–H groups in total. The largest absolute Gasteiger partial charge is 0.494 e. The number of benzene rings is 2. The maximum atomic E-state index is 14.1. The molecule has 4 aromatic rings. The third-order valence-electron chi connectivity index (χ3n) is 6.83. The van der Waals surface area contributed by atoms with E-state index in [2.05, 4.69) is 11.1 Å². The quantitative estimate of drug-likeness (QED) is 0.273. The van der Waals surface area contributed by atoms with Crippen LogP contribution < -0.4 is 10.5 Å². The van der Waals surface area contributed by atoms with E-state index in [-0.39, 0.29) is 11.9 Å². The summed E-state index contributed by atoms with van der Waals surface area (Å²) in [5.41, 5.74) is 8.74. The van der Waals surface area contributed by atoms with Crippen molar-refractivity contribution in [1.29, 1.82) is 0 Å². The summed E-state index contributed by atoms with van der Waals surface area (Å²) in [6, 6.07) is 18.0. The van der Waals surface area contributed by atoms with Gasteiger partial charge in [0, 0.05) is 40.0 Å². The van der Waals surface area contributed by atoms with E-state index in [0.29, 0.717) is 28.9 Å². The van der Waals surface area contributed by atoms with Crippen LogP contribution in [-0.4, -0.2) is 28.4 Å². The lowest BCUT2D eigenvalue weighted by atomic mass is 9.93. The van der Waals surface area contributed by atoms with Crippen LogP contribution in [0.3, 0.4) is 0 Å². The Hall–Kier alpha value is -3.09. The fourth-order valence-electron chi connectivity index (χ4n) is 4.98. The van der Waals surface area contributed by atoms with Crippen molar-refractivity contribution in [2.45, 2.75) is 51.6 Å². The van der Waals surface area contributed by atoms with Crippen molar-refractivity contribution in [3.8, 4) is 16.9 Å². The van der Waals surface area contributed by atoms with E-state index in [1.165, 1.54) is 17.8 Å². The lowest BCUT2D eigenvalue weighted by molar-refractivity contribution is 0.0617. The number of hydrogen-bond acceptors (Lipinski definition) is 5. The highest BCUT2D eigenvalue weighted by atomic mass is 35.5. The maximum Gasteiger partial charge on any atom is 0.266 e. The fourth-order valence-corrected chi connectivity index (χ4v) is 6.45. The number of nitrogen functional groups attached to an aromatic ring is 1. The molecule has 36 heavy (non-hydrogen) atoms. The Morgan fingerprint density at radius 1 is 1.11 bits per heavy atom. The maximum absolute atomic E-state index is 14.1. The van der Waals surface area contributed by atoms with Crippen LogP contribution in [0.5, 0.6) is 5.75 Å². The van der Waals surface area contributed by atoms with E-state index in [1.54, 1.807) is 12.3 Å². The molecule has 2 aromatic heterocycles. The number of hydrogen-bond donors (Lipinski definition) is 1. The Labute approximate surface area is 220 Å². The predicted molar refractivity (Wildman–Crippen MR) is 149 cm³/mol. The number of carbonyl (C=O) groups excluding carboxylic acids is 1. The summed E-state index contributed by atoms with van der Waals surface area (Å²) in [5, 5.41) is 1.48. The van der Waals surface area contributed by atoms with E-state index in [4.69, 9.17) is 22.1 Å². The minimum absolute atomic E-state index is 0.00453. The topological polar surface area (TPSA) is 68.5 Å². The molecular formula is C29H30ClN3O2S.